The maximum Gasteiger partial charge on any atom is 0.312 e. The molecule has 1 aromatic heterocycles. The molecule has 1 saturated carbocycles. The number of aromatic amines is 1. The zero-order valence-electron chi connectivity index (χ0n) is 17.7. The molecular formula is C20H19F5N6O3. The van der Waals surface area contributed by atoms with E-state index in [1.807, 2.05) is 0 Å². The molecule has 1 aliphatic carbocycles. The third kappa shape index (κ3) is 4.31. The van der Waals surface area contributed by atoms with E-state index in [1.165, 1.54) is 6.20 Å². The van der Waals surface area contributed by atoms with Crippen LogP contribution in [0.4, 0.5) is 27.6 Å². The molecule has 2 aromatic rings. The van der Waals surface area contributed by atoms with Crippen LogP contribution in [0.3, 0.4) is 0 Å². The number of nitrogens with one attached hydrogen (secondary N) is 3. The van der Waals surface area contributed by atoms with Gasteiger partial charge in [0, 0.05) is 49.4 Å². The number of H-pyrrole nitrogens is 1. The van der Waals surface area contributed by atoms with Gasteiger partial charge < -0.3 is 15.5 Å². The molecule has 4 rings (SSSR count). The van der Waals surface area contributed by atoms with Crippen LogP contribution in [0.1, 0.15) is 31.9 Å². The Kier molecular flexibility index (Phi) is 5.77. The third-order valence-electron chi connectivity index (χ3n) is 6.03. The van der Waals surface area contributed by atoms with E-state index in [0.29, 0.717) is 12.1 Å². The van der Waals surface area contributed by atoms with Crippen molar-refractivity contribution in [1.29, 1.82) is 0 Å². The highest BCUT2D eigenvalue weighted by Gasteiger charge is 2.60. The third-order valence-corrected chi connectivity index (χ3v) is 6.03. The number of nitrogens with zero attached hydrogens (tertiary/aromatic N) is 3. The molecule has 1 aliphatic heterocycles. The summed E-state index contributed by atoms with van der Waals surface area (Å²) >= 11 is 0. The summed E-state index contributed by atoms with van der Waals surface area (Å²) in [6, 6.07) is 0.660. The number of rotatable bonds is 4. The number of likely N-dealkylation sites (tertiary alicyclic amines) is 1. The van der Waals surface area contributed by atoms with Crippen molar-refractivity contribution in [3.63, 3.8) is 0 Å². The van der Waals surface area contributed by atoms with Crippen molar-refractivity contribution in [2.24, 2.45) is 5.92 Å². The lowest BCUT2D eigenvalue weighted by Gasteiger charge is -2.46. The number of hydrogen-bond acceptors (Lipinski definition) is 5. The molecule has 3 N–H and O–H groups in total. The smallest absolute Gasteiger partial charge is 0.312 e. The second-order valence-electron chi connectivity index (χ2n) is 8.59. The molecule has 2 heterocycles. The molecular weight excluding hydrogens is 467 g/mol. The van der Waals surface area contributed by atoms with Crippen molar-refractivity contribution in [1.82, 2.24) is 25.6 Å². The summed E-state index contributed by atoms with van der Waals surface area (Å²) in [5.74, 6) is -11.4. The molecule has 3 amide bonds. The van der Waals surface area contributed by atoms with E-state index < -0.39 is 71.4 Å². The molecule has 0 unspecified atom stereocenters. The normalized spacial score (nSPS) is 22.7. The van der Waals surface area contributed by atoms with E-state index in [4.69, 9.17) is 0 Å². The lowest BCUT2D eigenvalue weighted by molar-refractivity contribution is -0.160. The number of anilines is 1. The summed E-state index contributed by atoms with van der Waals surface area (Å²) < 4.78 is 67.1. The van der Waals surface area contributed by atoms with Crippen LogP contribution in [-0.4, -0.2) is 56.5 Å². The highest BCUT2D eigenvalue weighted by molar-refractivity contribution is 6.35. The quantitative estimate of drug-likeness (QED) is 0.346. The minimum Gasteiger partial charge on any atom is -0.336 e. The van der Waals surface area contributed by atoms with Gasteiger partial charge in [0.1, 0.15) is 5.69 Å². The number of carbonyl (C=O) groups excluding carboxylic acids is 3. The zero-order chi connectivity index (χ0) is 24.8. The Morgan fingerprint density at radius 1 is 1.15 bits per heavy atom. The van der Waals surface area contributed by atoms with Crippen LogP contribution < -0.4 is 10.6 Å². The highest BCUT2D eigenvalue weighted by Crippen LogP contribution is 2.51. The molecule has 2 aliphatic rings. The standard InChI is InChI=1S/C20H19F5N6O3/c1-9-2-10(16(32)27-11-3-12(21)15(23)13(22)4-11)6-31(9)18(34)17(33)28-19(7-20(24,25)8-19)14-5-26-30-29-14/h3-5,9-10H,2,6-8H2,1H3,(H,27,32)(H,28,33)(H,26,29,30)/t9-,10-/m0/s1. The fraction of sp³-hybridized carbons (Fsp3) is 0.450. The highest BCUT2D eigenvalue weighted by atomic mass is 19.3. The molecule has 1 aromatic carbocycles. The Morgan fingerprint density at radius 3 is 2.35 bits per heavy atom. The fourth-order valence-corrected chi connectivity index (χ4v) is 4.38. The van der Waals surface area contributed by atoms with Gasteiger partial charge in [-0.15, -0.1) is 5.10 Å². The molecule has 0 spiro atoms. The summed E-state index contributed by atoms with van der Waals surface area (Å²) in [5, 5.41) is 14.1. The predicted octanol–water partition coefficient (Wildman–Crippen LogP) is 1.84. The van der Waals surface area contributed by atoms with Gasteiger partial charge in [-0.05, 0) is 13.3 Å². The topological polar surface area (TPSA) is 120 Å². The largest absolute Gasteiger partial charge is 0.336 e. The van der Waals surface area contributed by atoms with Crippen LogP contribution in [0.2, 0.25) is 0 Å². The Balaban J connectivity index is 1.41. The predicted molar refractivity (Wildman–Crippen MR) is 105 cm³/mol. The summed E-state index contributed by atoms with van der Waals surface area (Å²) in [6.07, 6.45) is -0.128. The Bertz CT molecular complexity index is 1110. The molecule has 9 nitrogen and oxygen atoms in total. The van der Waals surface area contributed by atoms with E-state index in [9.17, 15) is 36.3 Å². The Morgan fingerprint density at radius 2 is 1.79 bits per heavy atom. The first-order valence-electron chi connectivity index (χ1n) is 10.2. The average Bonchev–Trinajstić information content (AvgIpc) is 3.40. The molecule has 34 heavy (non-hydrogen) atoms. The molecule has 14 heteroatoms. The van der Waals surface area contributed by atoms with Crippen LogP contribution in [0.25, 0.3) is 0 Å². The second-order valence-corrected chi connectivity index (χ2v) is 8.59. The second kappa shape index (κ2) is 8.33. The van der Waals surface area contributed by atoms with Crippen molar-refractivity contribution in [3.05, 3.63) is 41.5 Å². The molecule has 2 fully saturated rings. The van der Waals surface area contributed by atoms with Crippen molar-refractivity contribution in [2.75, 3.05) is 11.9 Å². The average molecular weight is 486 g/mol. The van der Waals surface area contributed by atoms with Gasteiger partial charge in [-0.3, -0.25) is 19.5 Å². The molecule has 1 saturated heterocycles. The SMILES string of the molecule is C[C@H]1C[C@H](C(=O)Nc2cc(F)c(F)c(F)c2)CN1C(=O)C(=O)NC1(c2c[nH]nn2)CC(F)(F)C1. The van der Waals surface area contributed by atoms with Crippen LogP contribution in [0, 0.1) is 23.4 Å². The van der Waals surface area contributed by atoms with Gasteiger partial charge in [0.05, 0.1) is 11.5 Å². The van der Waals surface area contributed by atoms with E-state index >= 15 is 0 Å². The van der Waals surface area contributed by atoms with E-state index in [2.05, 4.69) is 26.0 Å². The first-order chi connectivity index (χ1) is 15.9. The van der Waals surface area contributed by atoms with Crippen molar-refractivity contribution in [3.8, 4) is 0 Å². The van der Waals surface area contributed by atoms with E-state index in [1.54, 1.807) is 6.92 Å². The number of amides is 3. The van der Waals surface area contributed by atoms with E-state index in [0.717, 1.165) is 4.90 Å². The van der Waals surface area contributed by atoms with Gasteiger partial charge in [-0.25, -0.2) is 22.0 Å². The summed E-state index contributed by atoms with van der Waals surface area (Å²) in [5.41, 5.74) is -1.80. The number of carbonyl (C=O) groups is 3. The number of alkyl halides is 2. The number of halogens is 5. The summed E-state index contributed by atoms with van der Waals surface area (Å²) in [4.78, 5) is 39.0. The first kappa shape index (κ1) is 23.6. The number of hydrogen-bond donors (Lipinski definition) is 3. The Hall–Kier alpha value is -3.58. The van der Waals surface area contributed by atoms with Crippen molar-refractivity contribution >= 4 is 23.4 Å². The van der Waals surface area contributed by atoms with Crippen LogP contribution in [0.5, 0.6) is 0 Å². The minimum absolute atomic E-state index is 0.0602. The van der Waals surface area contributed by atoms with Crippen LogP contribution >= 0.6 is 0 Å². The van der Waals surface area contributed by atoms with Crippen LogP contribution in [0.15, 0.2) is 18.3 Å². The lowest BCUT2D eigenvalue weighted by atomic mass is 9.71. The lowest BCUT2D eigenvalue weighted by Crippen LogP contribution is -2.62. The number of benzene rings is 1. The van der Waals surface area contributed by atoms with Crippen molar-refractivity contribution in [2.45, 2.75) is 43.7 Å². The van der Waals surface area contributed by atoms with Gasteiger partial charge >= 0.3 is 11.8 Å². The van der Waals surface area contributed by atoms with Gasteiger partial charge in [-0.1, -0.05) is 5.21 Å². The summed E-state index contributed by atoms with van der Waals surface area (Å²) in [7, 11) is 0. The molecule has 2 atom stereocenters. The first-order valence-corrected chi connectivity index (χ1v) is 10.2. The van der Waals surface area contributed by atoms with Crippen LogP contribution in [-0.2, 0) is 19.9 Å². The molecule has 182 valence electrons. The van der Waals surface area contributed by atoms with Gasteiger partial charge in [-0.2, -0.15) is 0 Å². The maximum absolute atomic E-state index is 13.6. The monoisotopic (exact) mass is 486 g/mol. The number of aromatic nitrogens is 3. The van der Waals surface area contributed by atoms with Gasteiger partial charge in [0.2, 0.25) is 5.91 Å². The Labute approximate surface area is 189 Å². The minimum atomic E-state index is -3.04. The summed E-state index contributed by atoms with van der Waals surface area (Å²) in [6.45, 7) is 1.39. The van der Waals surface area contributed by atoms with Gasteiger partial charge in [0.25, 0.3) is 5.92 Å². The van der Waals surface area contributed by atoms with Gasteiger partial charge in [0.15, 0.2) is 17.5 Å². The molecule has 0 bridgehead atoms. The fourth-order valence-electron chi connectivity index (χ4n) is 4.38. The zero-order valence-corrected chi connectivity index (χ0v) is 17.7. The van der Waals surface area contributed by atoms with Crippen molar-refractivity contribution < 1.29 is 36.3 Å². The maximum atomic E-state index is 13.6. The van der Waals surface area contributed by atoms with E-state index in [-0.39, 0.29) is 24.3 Å². The molecule has 0 radical (unpaired) electrons.